The monoisotopic (exact) mass is 373 g/mol. The molecule has 0 bridgehead atoms. The van der Waals surface area contributed by atoms with Crippen molar-refractivity contribution in [1.29, 1.82) is 0 Å². The molecule has 150 valence electrons. The first kappa shape index (κ1) is 21.5. The molecular weight excluding hydrogens is 338 g/mol. The number of hydrogen-bond acceptors (Lipinski definition) is 3. The standard InChI is InChI=1S/C23H35NO3/c1-5-18-13-9-10-14-19(18)16-21(25)20(15-17-11-7-6-8-12-17)24-22(26)27-23(2,3)4/h5-8,11-12,18-21,25H,1,9-10,13-16H2,2-4H3,(H,24,26)/t18-,19+,20+,21+/m1/s1. The Morgan fingerprint density at radius 1 is 1.30 bits per heavy atom. The fraction of sp³-hybridized carbons (Fsp3) is 0.609. The van der Waals surface area contributed by atoms with E-state index < -0.39 is 17.8 Å². The first-order valence-electron chi connectivity index (χ1n) is 10.1. The Morgan fingerprint density at radius 3 is 2.59 bits per heavy atom. The van der Waals surface area contributed by atoms with Gasteiger partial charge in [-0.05, 0) is 63.9 Å². The van der Waals surface area contributed by atoms with Crippen LogP contribution in [0.5, 0.6) is 0 Å². The maximum atomic E-state index is 12.3. The number of benzene rings is 1. The molecule has 1 saturated carbocycles. The minimum atomic E-state index is -0.622. The number of aliphatic hydroxyl groups is 1. The van der Waals surface area contributed by atoms with Crippen LogP contribution < -0.4 is 5.32 Å². The second-order valence-corrected chi connectivity index (χ2v) is 8.69. The summed E-state index contributed by atoms with van der Waals surface area (Å²) in [4.78, 5) is 12.3. The number of allylic oxidation sites excluding steroid dienone is 1. The van der Waals surface area contributed by atoms with Gasteiger partial charge in [0, 0.05) is 0 Å². The van der Waals surface area contributed by atoms with Gasteiger partial charge in [-0.3, -0.25) is 0 Å². The number of aliphatic hydroxyl groups excluding tert-OH is 1. The highest BCUT2D eigenvalue weighted by atomic mass is 16.6. The summed E-state index contributed by atoms with van der Waals surface area (Å²) in [5, 5.41) is 13.9. The first-order chi connectivity index (χ1) is 12.8. The van der Waals surface area contributed by atoms with Gasteiger partial charge in [0.05, 0.1) is 12.1 Å². The average Bonchev–Trinajstić information content (AvgIpc) is 2.61. The molecule has 27 heavy (non-hydrogen) atoms. The van der Waals surface area contributed by atoms with Crippen molar-refractivity contribution in [1.82, 2.24) is 5.32 Å². The molecule has 0 aliphatic heterocycles. The molecule has 2 N–H and O–H groups in total. The molecule has 1 aromatic carbocycles. The maximum Gasteiger partial charge on any atom is 0.407 e. The molecule has 0 aromatic heterocycles. The van der Waals surface area contributed by atoms with Gasteiger partial charge in [-0.2, -0.15) is 0 Å². The molecule has 0 spiro atoms. The van der Waals surface area contributed by atoms with Gasteiger partial charge in [0.2, 0.25) is 0 Å². The van der Waals surface area contributed by atoms with Crippen molar-refractivity contribution < 1.29 is 14.6 Å². The maximum absolute atomic E-state index is 12.3. The number of hydrogen-bond donors (Lipinski definition) is 2. The number of rotatable bonds is 7. The lowest BCUT2D eigenvalue weighted by Crippen LogP contribution is -2.47. The van der Waals surface area contributed by atoms with Crippen LogP contribution in [0, 0.1) is 11.8 Å². The van der Waals surface area contributed by atoms with Gasteiger partial charge in [-0.1, -0.05) is 49.2 Å². The van der Waals surface area contributed by atoms with Gasteiger partial charge in [0.15, 0.2) is 0 Å². The zero-order chi connectivity index (χ0) is 19.9. The Hall–Kier alpha value is -1.81. The van der Waals surface area contributed by atoms with E-state index in [2.05, 4.69) is 11.9 Å². The Bertz CT molecular complexity index is 593. The Kier molecular flexibility index (Phi) is 7.91. The molecular formula is C23H35NO3. The number of alkyl carbamates (subject to hydrolysis) is 1. The van der Waals surface area contributed by atoms with E-state index in [1.165, 1.54) is 12.8 Å². The highest BCUT2D eigenvalue weighted by molar-refractivity contribution is 5.68. The van der Waals surface area contributed by atoms with E-state index in [9.17, 15) is 9.90 Å². The largest absolute Gasteiger partial charge is 0.444 e. The van der Waals surface area contributed by atoms with E-state index in [-0.39, 0.29) is 6.04 Å². The van der Waals surface area contributed by atoms with Crippen LogP contribution in [0.3, 0.4) is 0 Å². The molecule has 1 aliphatic carbocycles. The molecule has 0 saturated heterocycles. The summed E-state index contributed by atoms with van der Waals surface area (Å²) in [6.45, 7) is 9.49. The third-order valence-corrected chi connectivity index (χ3v) is 5.28. The van der Waals surface area contributed by atoms with E-state index in [4.69, 9.17) is 4.74 Å². The van der Waals surface area contributed by atoms with E-state index in [1.807, 2.05) is 57.2 Å². The minimum absolute atomic E-state index is 0.380. The number of ether oxygens (including phenoxy) is 1. The predicted molar refractivity (Wildman–Crippen MR) is 110 cm³/mol. The lowest BCUT2D eigenvalue weighted by Gasteiger charge is -2.34. The van der Waals surface area contributed by atoms with Crippen LogP contribution in [-0.4, -0.2) is 28.9 Å². The molecule has 1 fully saturated rings. The van der Waals surface area contributed by atoms with Crippen LogP contribution in [0.2, 0.25) is 0 Å². The number of carbonyl (C=O) groups excluding carboxylic acids is 1. The summed E-state index contributed by atoms with van der Waals surface area (Å²) in [7, 11) is 0. The first-order valence-corrected chi connectivity index (χ1v) is 10.1. The fourth-order valence-corrected chi connectivity index (χ4v) is 3.92. The quantitative estimate of drug-likeness (QED) is 0.671. The van der Waals surface area contributed by atoms with Gasteiger partial charge in [-0.25, -0.2) is 4.79 Å². The van der Waals surface area contributed by atoms with Crippen molar-refractivity contribution in [3.05, 3.63) is 48.6 Å². The zero-order valence-corrected chi connectivity index (χ0v) is 17.0. The van der Waals surface area contributed by atoms with E-state index in [1.54, 1.807) is 0 Å². The van der Waals surface area contributed by atoms with Crippen LogP contribution >= 0.6 is 0 Å². The van der Waals surface area contributed by atoms with Crippen molar-refractivity contribution >= 4 is 6.09 Å². The Balaban J connectivity index is 2.07. The molecule has 1 aromatic rings. The summed E-state index contributed by atoms with van der Waals surface area (Å²) < 4.78 is 5.41. The summed E-state index contributed by atoms with van der Waals surface area (Å²) in [5.41, 5.74) is 0.519. The summed E-state index contributed by atoms with van der Waals surface area (Å²) in [6, 6.07) is 9.57. The Morgan fingerprint density at radius 2 is 1.96 bits per heavy atom. The molecule has 0 radical (unpaired) electrons. The van der Waals surface area contributed by atoms with Gasteiger partial charge in [-0.15, -0.1) is 6.58 Å². The highest BCUT2D eigenvalue weighted by Gasteiger charge is 2.30. The second-order valence-electron chi connectivity index (χ2n) is 8.69. The second kappa shape index (κ2) is 9.93. The van der Waals surface area contributed by atoms with Gasteiger partial charge >= 0.3 is 6.09 Å². The van der Waals surface area contributed by atoms with Crippen LogP contribution in [0.15, 0.2) is 43.0 Å². The number of amides is 1. The Labute approximate surface area is 164 Å². The summed E-state index contributed by atoms with van der Waals surface area (Å²) in [6.07, 6.45) is 6.86. The summed E-state index contributed by atoms with van der Waals surface area (Å²) >= 11 is 0. The van der Waals surface area contributed by atoms with Crippen molar-refractivity contribution in [2.45, 2.75) is 77.0 Å². The fourth-order valence-electron chi connectivity index (χ4n) is 3.92. The molecule has 4 nitrogen and oxygen atoms in total. The van der Waals surface area contributed by atoms with Crippen molar-refractivity contribution in [2.24, 2.45) is 11.8 Å². The number of nitrogens with one attached hydrogen (secondary N) is 1. The topological polar surface area (TPSA) is 58.6 Å². The van der Waals surface area contributed by atoms with Crippen LogP contribution in [0.25, 0.3) is 0 Å². The van der Waals surface area contributed by atoms with Crippen molar-refractivity contribution in [3.63, 3.8) is 0 Å². The summed E-state index contributed by atoms with van der Waals surface area (Å²) in [5.74, 6) is 0.872. The SMILES string of the molecule is C=C[C@@H]1CCCC[C@H]1C[C@H](O)[C@H](Cc1ccccc1)NC(=O)OC(C)(C)C. The highest BCUT2D eigenvalue weighted by Crippen LogP contribution is 2.34. The van der Waals surface area contributed by atoms with Crippen molar-refractivity contribution in [3.8, 4) is 0 Å². The van der Waals surface area contributed by atoms with Gasteiger partial charge in [0.25, 0.3) is 0 Å². The molecule has 1 aliphatic rings. The molecule has 0 unspecified atom stereocenters. The predicted octanol–water partition coefficient (Wildman–Crippen LogP) is 4.87. The lowest BCUT2D eigenvalue weighted by molar-refractivity contribution is 0.0367. The van der Waals surface area contributed by atoms with Crippen LogP contribution in [0.1, 0.15) is 58.4 Å². The van der Waals surface area contributed by atoms with Crippen molar-refractivity contribution in [2.75, 3.05) is 0 Å². The zero-order valence-electron chi connectivity index (χ0n) is 17.0. The number of carbonyl (C=O) groups is 1. The average molecular weight is 374 g/mol. The van der Waals surface area contributed by atoms with Gasteiger partial charge < -0.3 is 15.2 Å². The molecule has 1 amide bonds. The third kappa shape index (κ3) is 7.37. The van der Waals surface area contributed by atoms with Gasteiger partial charge in [0.1, 0.15) is 5.60 Å². The minimum Gasteiger partial charge on any atom is -0.444 e. The van der Waals surface area contributed by atoms with Crippen LogP contribution in [-0.2, 0) is 11.2 Å². The smallest absolute Gasteiger partial charge is 0.407 e. The molecule has 4 atom stereocenters. The van der Waals surface area contributed by atoms with E-state index in [0.29, 0.717) is 24.7 Å². The lowest BCUT2D eigenvalue weighted by atomic mass is 9.75. The van der Waals surface area contributed by atoms with E-state index in [0.717, 1.165) is 18.4 Å². The van der Waals surface area contributed by atoms with Crippen LogP contribution in [0.4, 0.5) is 4.79 Å². The molecule has 2 rings (SSSR count). The third-order valence-electron chi connectivity index (χ3n) is 5.28. The molecule has 4 heteroatoms. The normalized spacial score (nSPS) is 22.5. The van der Waals surface area contributed by atoms with E-state index >= 15 is 0 Å². The molecule has 0 heterocycles.